The van der Waals surface area contributed by atoms with Crippen LogP contribution in [0.2, 0.25) is 0 Å². The lowest BCUT2D eigenvalue weighted by Gasteiger charge is -2.45. The number of hydrogen-bond donors (Lipinski definition) is 7. The zero-order chi connectivity index (χ0) is 20.1. The molecule has 8 N–H and O–H groups in total. The van der Waals surface area contributed by atoms with Crippen LogP contribution in [0.25, 0.3) is 11.2 Å². The highest BCUT2D eigenvalue weighted by Crippen LogP contribution is 2.32. The van der Waals surface area contributed by atoms with Gasteiger partial charge in [-0.05, 0) is 0 Å². The number of rotatable bonds is 4. The molecular formula is C14H19N5O8. The summed E-state index contributed by atoms with van der Waals surface area (Å²) < 4.78 is 6.47. The summed E-state index contributed by atoms with van der Waals surface area (Å²) >= 11 is 0. The Morgan fingerprint density at radius 3 is 2.59 bits per heavy atom. The van der Waals surface area contributed by atoms with Gasteiger partial charge in [0.2, 0.25) is 5.95 Å². The summed E-state index contributed by atoms with van der Waals surface area (Å²) in [6.45, 7) is 2.48. The monoisotopic (exact) mass is 385 g/mol. The quantitative estimate of drug-likeness (QED) is 0.252. The summed E-state index contributed by atoms with van der Waals surface area (Å²) in [7, 11) is 0. The number of aromatic nitrogens is 4. The van der Waals surface area contributed by atoms with Crippen LogP contribution < -0.4 is 17.0 Å². The van der Waals surface area contributed by atoms with Crippen molar-refractivity contribution in [3.05, 3.63) is 33.5 Å². The van der Waals surface area contributed by atoms with E-state index in [1.165, 1.54) is 6.08 Å². The van der Waals surface area contributed by atoms with Gasteiger partial charge in [0, 0.05) is 6.54 Å². The second kappa shape index (κ2) is 6.56. The van der Waals surface area contributed by atoms with Crippen molar-refractivity contribution in [3.63, 3.8) is 0 Å². The first kappa shape index (κ1) is 19.2. The number of nitrogens with two attached hydrogens (primary N) is 1. The van der Waals surface area contributed by atoms with E-state index in [9.17, 15) is 35.1 Å². The molecule has 13 nitrogen and oxygen atoms in total. The number of fused-ring (bicyclic) bond motifs is 1. The van der Waals surface area contributed by atoms with Gasteiger partial charge in [-0.1, -0.05) is 6.08 Å². The van der Waals surface area contributed by atoms with Gasteiger partial charge in [-0.2, -0.15) is 4.98 Å². The molecule has 0 saturated carbocycles. The van der Waals surface area contributed by atoms with Crippen molar-refractivity contribution in [2.24, 2.45) is 0 Å². The average molecular weight is 385 g/mol. The molecule has 2 aromatic heterocycles. The first-order valence-corrected chi connectivity index (χ1v) is 7.85. The fraction of sp³-hybridized carbons (Fsp3) is 0.500. The van der Waals surface area contributed by atoms with Gasteiger partial charge in [0.15, 0.2) is 17.3 Å². The van der Waals surface area contributed by atoms with E-state index in [0.717, 1.165) is 4.57 Å². The minimum atomic E-state index is -2.96. The third-order valence-electron chi connectivity index (χ3n) is 4.38. The molecule has 0 aromatic carbocycles. The molecule has 0 amide bonds. The highest BCUT2D eigenvalue weighted by Gasteiger charge is 2.56. The smallest absolute Gasteiger partial charge is 0.335 e. The Bertz CT molecular complexity index is 994. The number of nitrogen functional groups attached to an aromatic ring is 1. The Balaban J connectivity index is 2.36. The standard InChI is InChI=1S/C14H19N5O8/c1-2-3-18-6-10(16-12(15)17-11(6)24)19(13(18)25)14(26)9(23)8(22)7(21)5(4-20)27-14/h2,5,7-9,20-23,26H,1,3-4H2,(H3,15,16,17,24)/t5-,7-,8+,9-,14-/m1/s1. The molecule has 0 bridgehead atoms. The first-order valence-electron chi connectivity index (χ1n) is 7.85. The van der Waals surface area contributed by atoms with Crippen LogP contribution in [0.15, 0.2) is 22.2 Å². The molecule has 13 heteroatoms. The zero-order valence-electron chi connectivity index (χ0n) is 13.9. The lowest BCUT2D eigenvalue weighted by Crippen LogP contribution is -2.67. The van der Waals surface area contributed by atoms with Gasteiger partial charge in [-0.15, -0.1) is 6.58 Å². The third-order valence-corrected chi connectivity index (χ3v) is 4.38. The Kier molecular flexibility index (Phi) is 4.67. The Morgan fingerprint density at radius 1 is 1.33 bits per heavy atom. The summed E-state index contributed by atoms with van der Waals surface area (Å²) in [5.41, 5.74) is 2.94. The van der Waals surface area contributed by atoms with E-state index in [4.69, 9.17) is 10.5 Å². The molecule has 0 unspecified atom stereocenters. The maximum Gasteiger partial charge on any atom is 0.335 e. The van der Waals surface area contributed by atoms with Gasteiger partial charge < -0.3 is 36.0 Å². The van der Waals surface area contributed by atoms with E-state index >= 15 is 0 Å². The number of anilines is 1. The predicted octanol–water partition coefficient (Wildman–Crippen LogP) is -4.27. The highest BCUT2D eigenvalue weighted by atomic mass is 16.7. The number of aliphatic hydroxyl groups is 5. The van der Waals surface area contributed by atoms with Crippen molar-refractivity contribution in [3.8, 4) is 0 Å². The van der Waals surface area contributed by atoms with Gasteiger partial charge in [0.05, 0.1) is 6.61 Å². The van der Waals surface area contributed by atoms with Crippen molar-refractivity contribution in [2.75, 3.05) is 12.3 Å². The van der Waals surface area contributed by atoms with Crippen LogP contribution in [0.5, 0.6) is 0 Å². The summed E-state index contributed by atoms with van der Waals surface area (Å²) in [6, 6.07) is 0. The van der Waals surface area contributed by atoms with Gasteiger partial charge in [0.25, 0.3) is 11.5 Å². The largest absolute Gasteiger partial charge is 0.394 e. The minimum Gasteiger partial charge on any atom is -0.394 e. The van der Waals surface area contributed by atoms with Crippen LogP contribution in [0.1, 0.15) is 0 Å². The summed E-state index contributed by atoms with van der Waals surface area (Å²) in [4.78, 5) is 31.2. The molecule has 5 atom stereocenters. The Hall–Kier alpha value is -2.55. The molecule has 1 aliphatic rings. The van der Waals surface area contributed by atoms with E-state index < -0.39 is 53.8 Å². The van der Waals surface area contributed by atoms with Crippen LogP contribution in [0, 0.1) is 0 Å². The summed E-state index contributed by atoms with van der Waals surface area (Å²) in [6.07, 6.45) is -6.19. The molecule has 1 fully saturated rings. The average Bonchev–Trinajstić information content (AvgIpc) is 2.89. The van der Waals surface area contributed by atoms with E-state index in [1.807, 2.05) is 0 Å². The minimum absolute atomic E-state index is 0.155. The van der Waals surface area contributed by atoms with Crippen LogP contribution in [-0.4, -0.2) is 75.7 Å². The maximum atomic E-state index is 12.9. The molecule has 3 rings (SSSR count). The van der Waals surface area contributed by atoms with Gasteiger partial charge in [-0.3, -0.25) is 14.3 Å². The normalized spacial score (nSPS) is 31.3. The number of aliphatic hydroxyl groups excluding tert-OH is 4. The van der Waals surface area contributed by atoms with Crippen LogP contribution >= 0.6 is 0 Å². The number of hydrogen-bond acceptors (Lipinski definition) is 10. The number of H-pyrrole nitrogens is 1. The fourth-order valence-corrected chi connectivity index (χ4v) is 3.09. The van der Waals surface area contributed by atoms with Crippen LogP contribution in [0.4, 0.5) is 5.95 Å². The Labute approximate surface area is 150 Å². The van der Waals surface area contributed by atoms with Crippen molar-refractivity contribution >= 4 is 17.1 Å². The molecule has 148 valence electrons. The number of nitrogens with one attached hydrogen (secondary N) is 1. The predicted molar refractivity (Wildman–Crippen MR) is 89.4 cm³/mol. The SMILES string of the molecule is C=CCn1c(=O)n([C@]2(O)O[C@H](CO)[C@@H](O)[C@H](O)[C@H]2O)c2nc(N)[nH]c(=O)c21. The summed E-state index contributed by atoms with van der Waals surface area (Å²) in [5, 5.41) is 50.4. The third kappa shape index (κ3) is 2.68. The first-order chi connectivity index (χ1) is 12.7. The van der Waals surface area contributed by atoms with Gasteiger partial charge >= 0.3 is 5.69 Å². The molecule has 1 saturated heterocycles. The molecule has 2 aromatic rings. The molecule has 27 heavy (non-hydrogen) atoms. The molecule has 1 aliphatic heterocycles. The van der Waals surface area contributed by atoms with Crippen molar-refractivity contribution in [2.45, 2.75) is 36.9 Å². The fourth-order valence-electron chi connectivity index (χ4n) is 3.09. The van der Waals surface area contributed by atoms with Crippen LogP contribution in [0.3, 0.4) is 0 Å². The molecule has 0 aliphatic carbocycles. The zero-order valence-corrected chi connectivity index (χ0v) is 13.9. The van der Waals surface area contributed by atoms with E-state index in [-0.39, 0.29) is 18.0 Å². The molecule has 3 heterocycles. The summed E-state index contributed by atoms with van der Waals surface area (Å²) in [5.74, 6) is -3.34. The number of ether oxygens (including phenoxy) is 1. The Morgan fingerprint density at radius 2 is 2.00 bits per heavy atom. The van der Waals surface area contributed by atoms with E-state index in [2.05, 4.69) is 16.5 Å². The van der Waals surface area contributed by atoms with Crippen molar-refractivity contribution in [1.29, 1.82) is 0 Å². The number of allylic oxidation sites excluding steroid dienone is 1. The number of aromatic amines is 1. The van der Waals surface area contributed by atoms with E-state index in [0.29, 0.717) is 4.57 Å². The second-order valence-corrected chi connectivity index (χ2v) is 6.06. The second-order valence-electron chi connectivity index (χ2n) is 6.06. The molecule has 0 spiro atoms. The lowest BCUT2D eigenvalue weighted by molar-refractivity contribution is -0.390. The van der Waals surface area contributed by atoms with E-state index in [1.54, 1.807) is 0 Å². The lowest BCUT2D eigenvalue weighted by atomic mass is 9.96. The van der Waals surface area contributed by atoms with Gasteiger partial charge in [0.1, 0.15) is 18.3 Å². The van der Waals surface area contributed by atoms with Crippen LogP contribution in [-0.2, 0) is 17.2 Å². The van der Waals surface area contributed by atoms with Crippen molar-refractivity contribution in [1.82, 2.24) is 19.1 Å². The highest BCUT2D eigenvalue weighted by molar-refractivity contribution is 5.72. The molecule has 0 radical (unpaired) electrons. The topological polar surface area (TPSA) is 209 Å². The number of imidazole rings is 1. The molecular weight excluding hydrogens is 366 g/mol. The maximum absolute atomic E-state index is 12.9. The van der Waals surface area contributed by atoms with Gasteiger partial charge in [-0.25, -0.2) is 9.36 Å². The van der Waals surface area contributed by atoms with Crippen molar-refractivity contribution < 1.29 is 30.3 Å². The number of nitrogens with zero attached hydrogens (tertiary/aromatic N) is 3.